The van der Waals surface area contributed by atoms with Crippen LogP contribution in [-0.4, -0.2) is 49.8 Å². The number of nitrogens with zero attached hydrogens (tertiary/aromatic N) is 10. The van der Waals surface area contributed by atoms with Crippen molar-refractivity contribution in [2.24, 2.45) is 0 Å². The third-order valence-electron chi connectivity index (χ3n) is 21.6. The van der Waals surface area contributed by atoms with Crippen LogP contribution in [0.4, 0.5) is 0 Å². The number of rotatable bonds is 11. The Morgan fingerprint density at radius 3 is 1.04 bits per heavy atom. The van der Waals surface area contributed by atoms with Crippen molar-refractivity contribution in [2.45, 2.75) is 0 Å². The van der Waals surface area contributed by atoms with Gasteiger partial charge in [-0.2, -0.15) is 0 Å². The second-order valence-electron chi connectivity index (χ2n) is 28.3. The fraction of sp³-hybridized carbons (Fsp3) is 0. The summed E-state index contributed by atoms with van der Waals surface area (Å²) in [7, 11) is 0. The van der Waals surface area contributed by atoms with Gasteiger partial charge in [0.25, 0.3) is 0 Å². The van der Waals surface area contributed by atoms with E-state index >= 15 is 0 Å². The van der Waals surface area contributed by atoms with E-state index in [0.29, 0.717) is 46.6 Å². The number of fused-ring (bicyclic) bond motifs is 18. The highest BCUT2D eigenvalue weighted by molar-refractivity contribution is 7.28. The Hall–Kier alpha value is -13.4. The maximum atomic E-state index is 5.75. The highest BCUT2D eigenvalue weighted by Crippen LogP contribution is 2.52. The molecule has 10 aromatic heterocycles. The van der Waals surface area contributed by atoms with Gasteiger partial charge in [-0.3, -0.25) is 0 Å². The first-order valence-corrected chi connectivity index (χ1v) is 42.3. The van der Waals surface area contributed by atoms with E-state index in [1.165, 1.54) is 14.1 Å². The first kappa shape index (κ1) is 65.3. The lowest BCUT2D eigenvalue weighted by molar-refractivity contribution is 1.08. The molecule has 114 heavy (non-hydrogen) atoms. The smallest absolute Gasteiger partial charge is 0.164 e. The molecule has 10 heterocycles. The summed E-state index contributed by atoms with van der Waals surface area (Å²) in [5.41, 5.74) is 15.0. The summed E-state index contributed by atoms with van der Waals surface area (Å²) in [5.74, 6) is 4.69. The molecule has 24 aromatic rings. The quantitative estimate of drug-likeness (QED) is 0.123. The van der Waals surface area contributed by atoms with Gasteiger partial charge in [-0.25, -0.2) is 49.8 Å². The van der Waals surface area contributed by atoms with E-state index in [-0.39, 0.29) is 0 Å². The average Bonchev–Trinajstić information content (AvgIpc) is 1.55. The molecular weight excluding hydrogens is 1510 g/mol. The van der Waals surface area contributed by atoms with Crippen LogP contribution in [0.5, 0.6) is 0 Å². The summed E-state index contributed by atoms with van der Waals surface area (Å²) in [6.45, 7) is 0. The predicted molar refractivity (Wildman–Crippen MR) is 482 cm³/mol. The summed E-state index contributed by atoms with van der Waals surface area (Å²) in [6.07, 6.45) is 0. The van der Waals surface area contributed by atoms with E-state index in [9.17, 15) is 0 Å². The van der Waals surface area contributed by atoms with E-state index in [0.717, 1.165) is 185 Å². The zero-order chi connectivity index (χ0) is 74.6. The van der Waals surface area contributed by atoms with Crippen LogP contribution in [-0.2, 0) is 0 Å². The lowest BCUT2D eigenvalue weighted by atomic mass is 9.95. The zero-order valence-corrected chi connectivity index (χ0v) is 64.8. The molecule has 0 unspecified atom stereocenters. The number of thiophene rings is 6. The van der Waals surface area contributed by atoms with Crippen LogP contribution in [0.1, 0.15) is 0 Å². The van der Waals surface area contributed by atoms with Crippen molar-refractivity contribution in [3.63, 3.8) is 0 Å². The SMILES string of the molecule is c1ccc(-c2nc(-c3cc(-c4cc(-c5nc(-c6ccccc6)nc(-c6cccc7sc8ccccc8c67)n5)c5c(c4)sc4c(-c6nc(-c7ccccc7)c7sc8ccccc8c7n6)cccc45)c4sc5ccccc5c4c3)nc(-c3cccc4sc5c(-c6nc(-c7ccccc7)c7sc8ccccc8c7n6)cccc5c34)n2)cc1. The molecule has 0 amide bonds. The first-order chi connectivity index (χ1) is 56.5. The van der Waals surface area contributed by atoms with E-state index < -0.39 is 0 Å². The second kappa shape index (κ2) is 26.1. The second-order valence-corrected chi connectivity index (χ2v) is 34.7. The van der Waals surface area contributed by atoms with Crippen molar-refractivity contribution in [3.05, 3.63) is 315 Å². The minimum Gasteiger partial charge on any atom is -0.226 e. The molecule has 530 valence electrons. The van der Waals surface area contributed by atoms with E-state index in [4.69, 9.17) is 49.8 Å². The van der Waals surface area contributed by atoms with Crippen molar-refractivity contribution in [1.82, 2.24) is 49.8 Å². The van der Waals surface area contributed by atoms with Gasteiger partial charge in [0.2, 0.25) is 0 Å². The van der Waals surface area contributed by atoms with Crippen LogP contribution in [0.25, 0.3) is 246 Å². The van der Waals surface area contributed by atoms with Crippen LogP contribution in [0.15, 0.2) is 315 Å². The molecule has 16 heteroatoms. The molecule has 14 aromatic carbocycles. The lowest BCUT2D eigenvalue weighted by Crippen LogP contribution is -2.01. The monoisotopic (exact) mass is 1560 g/mol. The molecular formula is C98H52N10S6. The third-order valence-corrected chi connectivity index (χ3v) is 28.7. The standard InChI is InChI=1S/C98H52N10S6/c1-5-25-53(26-6-1)82-89-84(61-35-15-19-45-74(61)111-89)101-96(99-82)67-41-21-37-63-80-66(40-24-48-77(80)113-86(63)67)94-104-91(55-29-9-3-10-30-55)103-93(107-94)58-50-69(88-70(51-58)59-33-13-17-43-72(59)110-88)57-49-71(98-106-92(56-31-11-4-12-32-56)105-95(108-98)65-39-23-47-76-79(65)60-34-14-18-44-73(60)109-76)81-64-38-22-42-68(87(64)114-78(81)52-57)97-100-83(54-27-7-2-8-28-54)90-85(102-97)62-36-16-20-46-75(62)112-90/h1-52H. The minimum absolute atomic E-state index is 0.537. The molecule has 0 saturated heterocycles. The van der Waals surface area contributed by atoms with Crippen molar-refractivity contribution >= 4 is 189 Å². The highest BCUT2D eigenvalue weighted by atomic mass is 32.1. The van der Waals surface area contributed by atoms with Gasteiger partial charge in [-0.05, 0) is 78.4 Å². The average molecular weight is 1560 g/mol. The van der Waals surface area contributed by atoms with Gasteiger partial charge >= 0.3 is 0 Å². The Balaban J connectivity index is 0.746. The molecule has 0 aliphatic heterocycles. The predicted octanol–water partition coefficient (Wildman–Crippen LogP) is 28.2. The van der Waals surface area contributed by atoms with Crippen LogP contribution in [0.2, 0.25) is 0 Å². The maximum Gasteiger partial charge on any atom is 0.164 e. The highest BCUT2D eigenvalue weighted by Gasteiger charge is 2.28. The molecule has 10 nitrogen and oxygen atoms in total. The molecule has 0 N–H and O–H groups in total. The molecule has 0 aliphatic carbocycles. The molecule has 0 fully saturated rings. The Kier molecular flexibility index (Phi) is 14.9. The van der Waals surface area contributed by atoms with Crippen LogP contribution in [0, 0.1) is 0 Å². The number of hydrogen-bond acceptors (Lipinski definition) is 16. The van der Waals surface area contributed by atoms with Gasteiger partial charge in [-0.1, -0.05) is 243 Å². The maximum absolute atomic E-state index is 5.75. The van der Waals surface area contributed by atoms with Gasteiger partial charge in [0.1, 0.15) is 0 Å². The molecule has 24 rings (SSSR count). The first-order valence-electron chi connectivity index (χ1n) is 37.4. The van der Waals surface area contributed by atoms with Crippen LogP contribution >= 0.6 is 68.0 Å². The van der Waals surface area contributed by atoms with E-state index in [2.05, 4.69) is 279 Å². The largest absolute Gasteiger partial charge is 0.226 e. The number of hydrogen-bond donors (Lipinski definition) is 0. The van der Waals surface area contributed by atoms with Gasteiger partial charge < -0.3 is 0 Å². The normalized spacial score (nSPS) is 12.0. The topological polar surface area (TPSA) is 129 Å². The minimum atomic E-state index is 0.537. The van der Waals surface area contributed by atoms with Gasteiger partial charge in [0.05, 0.1) is 31.8 Å². The van der Waals surface area contributed by atoms with Gasteiger partial charge in [0, 0.05) is 162 Å². The van der Waals surface area contributed by atoms with Gasteiger partial charge in [-0.15, -0.1) is 68.0 Å². The van der Waals surface area contributed by atoms with E-state index in [1.54, 1.807) is 68.0 Å². The Morgan fingerprint density at radius 1 is 0.158 bits per heavy atom. The zero-order valence-electron chi connectivity index (χ0n) is 59.9. The third kappa shape index (κ3) is 10.5. The number of benzene rings is 14. The van der Waals surface area contributed by atoms with E-state index in [1.807, 2.05) is 36.4 Å². The lowest BCUT2D eigenvalue weighted by Gasteiger charge is -2.14. The Labute approximate surface area is 673 Å². The fourth-order valence-corrected chi connectivity index (χ4v) is 23.6. The molecule has 0 bridgehead atoms. The fourth-order valence-electron chi connectivity index (χ4n) is 16.5. The molecule has 0 radical (unpaired) electrons. The van der Waals surface area contributed by atoms with Crippen molar-refractivity contribution in [3.8, 4) is 125 Å². The van der Waals surface area contributed by atoms with Crippen molar-refractivity contribution in [2.75, 3.05) is 0 Å². The van der Waals surface area contributed by atoms with Crippen molar-refractivity contribution < 1.29 is 0 Å². The molecule has 0 spiro atoms. The molecule has 0 atom stereocenters. The Bertz CT molecular complexity index is 8130. The van der Waals surface area contributed by atoms with Crippen LogP contribution in [0.3, 0.4) is 0 Å². The summed E-state index contributed by atoms with van der Waals surface area (Å²) in [4.78, 5) is 55.8. The summed E-state index contributed by atoms with van der Waals surface area (Å²) < 4.78 is 13.4. The van der Waals surface area contributed by atoms with Gasteiger partial charge in [0.15, 0.2) is 46.6 Å². The molecule has 0 saturated carbocycles. The molecule has 0 aliphatic rings. The van der Waals surface area contributed by atoms with Crippen LogP contribution < -0.4 is 0 Å². The summed E-state index contributed by atoms with van der Waals surface area (Å²) in [5, 5.41) is 10.9. The summed E-state index contributed by atoms with van der Waals surface area (Å²) >= 11 is 10.6. The Morgan fingerprint density at radius 2 is 0.491 bits per heavy atom. The van der Waals surface area contributed by atoms with Crippen molar-refractivity contribution in [1.29, 1.82) is 0 Å². The summed E-state index contributed by atoms with van der Waals surface area (Å²) in [6, 6.07) is 111. The number of aromatic nitrogens is 10.